The van der Waals surface area contributed by atoms with Gasteiger partial charge in [0, 0.05) is 12.4 Å². The second-order valence-electron chi connectivity index (χ2n) is 2.19. The topological polar surface area (TPSA) is 48.0 Å². The number of carbonyl (C=O) groups excluding carboxylic acids is 1. The normalized spacial score (nSPS) is 9.91. The SMILES string of the molecule is NC(=O)c1ccn(CCF)c1. The van der Waals surface area contributed by atoms with Gasteiger partial charge < -0.3 is 10.3 Å². The van der Waals surface area contributed by atoms with Gasteiger partial charge in [-0.15, -0.1) is 0 Å². The van der Waals surface area contributed by atoms with E-state index in [0.717, 1.165) is 0 Å². The highest BCUT2D eigenvalue weighted by molar-refractivity contribution is 5.92. The molecule has 60 valence electrons. The third-order valence-electron chi connectivity index (χ3n) is 1.38. The Balaban J connectivity index is 2.73. The van der Waals surface area contributed by atoms with Gasteiger partial charge in [0.15, 0.2) is 0 Å². The second kappa shape index (κ2) is 3.18. The number of primary amides is 1. The predicted molar refractivity (Wildman–Crippen MR) is 38.9 cm³/mol. The van der Waals surface area contributed by atoms with Crippen LogP contribution in [0.2, 0.25) is 0 Å². The van der Waals surface area contributed by atoms with Crippen LogP contribution in [0.1, 0.15) is 10.4 Å². The number of nitrogens with two attached hydrogens (primary N) is 1. The molecule has 4 heteroatoms. The molecule has 0 aromatic carbocycles. The van der Waals surface area contributed by atoms with Gasteiger partial charge in [-0.1, -0.05) is 0 Å². The summed E-state index contributed by atoms with van der Waals surface area (Å²) in [4.78, 5) is 10.5. The Morgan fingerprint density at radius 2 is 2.45 bits per heavy atom. The summed E-state index contributed by atoms with van der Waals surface area (Å²) in [5.41, 5.74) is 5.39. The van der Waals surface area contributed by atoms with Crippen molar-refractivity contribution in [3.63, 3.8) is 0 Å². The highest BCUT2D eigenvalue weighted by Gasteiger charge is 2.00. The zero-order valence-corrected chi connectivity index (χ0v) is 5.96. The molecule has 0 unspecified atom stereocenters. The average Bonchev–Trinajstić information content (AvgIpc) is 2.37. The molecule has 11 heavy (non-hydrogen) atoms. The molecular weight excluding hydrogens is 147 g/mol. The smallest absolute Gasteiger partial charge is 0.250 e. The zero-order chi connectivity index (χ0) is 8.27. The van der Waals surface area contributed by atoms with Gasteiger partial charge in [-0.2, -0.15) is 0 Å². The van der Waals surface area contributed by atoms with E-state index in [4.69, 9.17) is 5.73 Å². The molecule has 1 rings (SSSR count). The van der Waals surface area contributed by atoms with Crippen molar-refractivity contribution in [1.29, 1.82) is 0 Å². The highest BCUT2D eigenvalue weighted by atomic mass is 19.1. The third-order valence-corrected chi connectivity index (χ3v) is 1.38. The number of amides is 1. The van der Waals surface area contributed by atoms with Gasteiger partial charge >= 0.3 is 0 Å². The van der Waals surface area contributed by atoms with Gasteiger partial charge in [0.25, 0.3) is 0 Å². The Bertz CT molecular complexity index is 257. The van der Waals surface area contributed by atoms with E-state index in [2.05, 4.69) is 0 Å². The zero-order valence-electron chi connectivity index (χ0n) is 5.96. The first kappa shape index (κ1) is 7.78. The second-order valence-corrected chi connectivity index (χ2v) is 2.19. The van der Waals surface area contributed by atoms with Crippen molar-refractivity contribution in [2.24, 2.45) is 5.73 Å². The van der Waals surface area contributed by atoms with Crippen molar-refractivity contribution < 1.29 is 9.18 Å². The molecule has 0 aliphatic rings. The molecule has 0 saturated carbocycles. The molecule has 1 aromatic heterocycles. The molecule has 0 fully saturated rings. The average molecular weight is 156 g/mol. The maximum absolute atomic E-state index is 11.8. The lowest BCUT2D eigenvalue weighted by Gasteiger charge is -1.94. The summed E-state index contributed by atoms with van der Waals surface area (Å²) in [6.07, 6.45) is 3.15. The van der Waals surface area contributed by atoms with Crippen LogP contribution in [0, 0.1) is 0 Å². The lowest BCUT2D eigenvalue weighted by atomic mass is 10.3. The molecule has 0 saturated heterocycles. The Kier molecular flexibility index (Phi) is 2.25. The van der Waals surface area contributed by atoms with Crippen LogP contribution in [0.4, 0.5) is 4.39 Å². The van der Waals surface area contributed by atoms with Gasteiger partial charge in [0.2, 0.25) is 5.91 Å². The van der Waals surface area contributed by atoms with E-state index in [1.807, 2.05) is 0 Å². The maximum atomic E-state index is 11.8. The van der Waals surface area contributed by atoms with Crippen molar-refractivity contribution >= 4 is 5.91 Å². The molecule has 0 bridgehead atoms. The minimum Gasteiger partial charge on any atom is -0.366 e. The Hall–Kier alpha value is -1.32. The Labute approximate surface area is 63.6 Å². The molecule has 0 radical (unpaired) electrons. The summed E-state index contributed by atoms with van der Waals surface area (Å²) >= 11 is 0. The number of alkyl halides is 1. The summed E-state index contributed by atoms with van der Waals surface area (Å²) in [5.74, 6) is -0.484. The maximum Gasteiger partial charge on any atom is 0.250 e. The minimum absolute atomic E-state index is 0.271. The molecule has 3 nitrogen and oxygen atoms in total. The predicted octanol–water partition coefficient (Wildman–Crippen LogP) is 0.556. The summed E-state index contributed by atoms with van der Waals surface area (Å²) in [7, 11) is 0. The van der Waals surface area contributed by atoms with Crippen molar-refractivity contribution in [3.8, 4) is 0 Å². The number of hydrogen-bond acceptors (Lipinski definition) is 1. The van der Waals surface area contributed by atoms with E-state index in [1.165, 1.54) is 6.20 Å². The standard InChI is InChI=1S/C7H9FN2O/c8-2-4-10-3-1-6(5-10)7(9)11/h1,3,5H,2,4H2,(H2,9,11). The monoisotopic (exact) mass is 156 g/mol. The van der Waals surface area contributed by atoms with Crippen LogP contribution >= 0.6 is 0 Å². The van der Waals surface area contributed by atoms with Crippen LogP contribution in [-0.4, -0.2) is 17.1 Å². The lowest BCUT2D eigenvalue weighted by Crippen LogP contribution is -2.09. The van der Waals surface area contributed by atoms with Crippen LogP contribution in [0.5, 0.6) is 0 Å². The molecule has 2 N–H and O–H groups in total. The van der Waals surface area contributed by atoms with E-state index in [0.29, 0.717) is 5.56 Å². The fourth-order valence-corrected chi connectivity index (χ4v) is 0.823. The molecular formula is C7H9FN2O. The van der Waals surface area contributed by atoms with Crippen LogP contribution in [0.15, 0.2) is 18.5 Å². The first-order valence-electron chi connectivity index (χ1n) is 3.25. The van der Waals surface area contributed by atoms with Crippen molar-refractivity contribution in [3.05, 3.63) is 24.0 Å². The molecule has 0 aliphatic carbocycles. The Morgan fingerprint density at radius 1 is 1.73 bits per heavy atom. The van der Waals surface area contributed by atoms with E-state index >= 15 is 0 Å². The first-order valence-corrected chi connectivity index (χ1v) is 3.25. The number of halogens is 1. The number of hydrogen-bond donors (Lipinski definition) is 1. The van der Waals surface area contributed by atoms with E-state index in [-0.39, 0.29) is 6.54 Å². The molecule has 0 spiro atoms. The number of carbonyl (C=O) groups is 1. The highest BCUT2D eigenvalue weighted by Crippen LogP contribution is 1.99. The molecule has 1 amide bonds. The number of aromatic nitrogens is 1. The first-order chi connectivity index (χ1) is 5.24. The molecule has 0 atom stereocenters. The van der Waals surface area contributed by atoms with Gasteiger partial charge in [0.05, 0.1) is 12.1 Å². The van der Waals surface area contributed by atoms with Crippen LogP contribution in [-0.2, 0) is 6.54 Å². The molecule has 0 aliphatic heterocycles. The fourth-order valence-electron chi connectivity index (χ4n) is 0.823. The van der Waals surface area contributed by atoms with Gasteiger partial charge in [-0.25, -0.2) is 4.39 Å². The van der Waals surface area contributed by atoms with Crippen LogP contribution in [0.25, 0.3) is 0 Å². The van der Waals surface area contributed by atoms with Gasteiger partial charge in [0.1, 0.15) is 6.67 Å². The summed E-state index contributed by atoms with van der Waals surface area (Å²) < 4.78 is 13.3. The van der Waals surface area contributed by atoms with E-state index in [9.17, 15) is 9.18 Å². The summed E-state index contributed by atoms with van der Waals surface area (Å²) in [6, 6.07) is 1.57. The molecule has 1 aromatic rings. The number of aryl methyl sites for hydroxylation is 1. The quantitative estimate of drug-likeness (QED) is 0.682. The van der Waals surface area contributed by atoms with E-state index < -0.39 is 12.6 Å². The number of nitrogens with zero attached hydrogens (tertiary/aromatic N) is 1. The van der Waals surface area contributed by atoms with Gasteiger partial charge in [-0.3, -0.25) is 4.79 Å². The van der Waals surface area contributed by atoms with Crippen LogP contribution in [0.3, 0.4) is 0 Å². The fraction of sp³-hybridized carbons (Fsp3) is 0.286. The minimum atomic E-state index is -0.484. The number of rotatable bonds is 3. The van der Waals surface area contributed by atoms with Crippen LogP contribution < -0.4 is 5.73 Å². The Morgan fingerprint density at radius 3 is 2.91 bits per heavy atom. The molecule has 1 heterocycles. The van der Waals surface area contributed by atoms with E-state index in [1.54, 1.807) is 16.8 Å². The van der Waals surface area contributed by atoms with Crippen molar-refractivity contribution in [2.75, 3.05) is 6.67 Å². The summed E-state index contributed by atoms with van der Waals surface area (Å²) in [6.45, 7) is -0.167. The van der Waals surface area contributed by atoms with Crippen molar-refractivity contribution in [1.82, 2.24) is 4.57 Å². The van der Waals surface area contributed by atoms with Gasteiger partial charge in [-0.05, 0) is 6.07 Å². The third kappa shape index (κ3) is 1.80. The summed E-state index contributed by atoms with van der Waals surface area (Å²) in [5, 5.41) is 0. The lowest BCUT2D eigenvalue weighted by molar-refractivity contribution is 0.1000. The van der Waals surface area contributed by atoms with Crippen molar-refractivity contribution in [2.45, 2.75) is 6.54 Å². The largest absolute Gasteiger partial charge is 0.366 e.